The highest BCUT2D eigenvalue weighted by Gasteiger charge is 2.41. The number of carbonyl (C=O) groups excluding carboxylic acids is 2. The van der Waals surface area contributed by atoms with Gasteiger partial charge in [0.05, 0.1) is 52.1 Å². The molecule has 4 rings (SSSR count). The Morgan fingerprint density at radius 3 is 2.49 bits per heavy atom. The number of hydrogen-bond donors (Lipinski definition) is 3. The lowest BCUT2D eigenvalue weighted by Crippen LogP contribution is -2.50. The Balaban J connectivity index is 1.72. The first-order valence-corrected chi connectivity index (χ1v) is 12.9. The molecule has 0 saturated heterocycles. The summed E-state index contributed by atoms with van der Waals surface area (Å²) in [6.07, 6.45) is -3.24. The van der Waals surface area contributed by atoms with Gasteiger partial charge in [-0.3, -0.25) is 14.6 Å². The van der Waals surface area contributed by atoms with E-state index in [0.717, 1.165) is 0 Å². The third-order valence-electron chi connectivity index (χ3n) is 7.20. The normalized spacial score (nSPS) is 18.5. The van der Waals surface area contributed by atoms with Gasteiger partial charge in [-0.15, -0.1) is 0 Å². The summed E-state index contributed by atoms with van der Waals surface area (Å²) < 4.78 is 55.1. The van der Waals surface area contributed by atoms with Crippen LogP contribution in [-0.2, 0) is 4.79 Å². The molecule has 0 bridgehead atoms. The number of amides is 2. The molecule has 0 radical (unpaired) electrons. The topological polar surface area (TPSA) is 150 Å². The van der Waals surface area contributed by atoms with Crippen LogP contribution in [0.15, 0.2) is 36.7 Å². The zero-order valence-electron chi connectivity index (χ0n) is 22.3. The number of hydrogen-bond acceptors (Lipinski definition) is 7. The van der Waals surface area contributed by atoms with Crippen molar-refractivity contribution in [3.63, 3.8) is 0 Å². The number of carbonyl (C=O) groups is 2. The van der Waals surface area contributed by atoms with Crippen LogP contribution in [0.5, 0.6) is 0 Å². The quantitative estimate of drug-likeness (QED) is 0.349. The molecular weight excluding hydrogens is 546 g/mol. The molecule has 41 heavy (non-hydrogen) atoms. The summed E-state index contributed by atoms with van der Waals surface area (Å²) in [4.78, 5) is 29.8. The summed E-state index contributed by atoms with van der Waals surface area (Å²) in [6, 6.07) is 7.47. The third kappa shape index (κ3) is 6.57. The van der Waals surface area contributed by atoms with Crippen molar-refractivity contribution in [1.82, 2.24) is 19.9 Å². The second kappa shape index (κ2) is 11.3. The van der Waals surface area contributed by atoms with Gasteiger partial charge in [-0.05, 0) is 63.8 Å². The maximum Gasteiger partial charge on any atom is 0.471 e. The summed E-state index contributed by atoms with van der Waals surface area (Å²) in [6.45, 7) is 2.26. The number of aliphatic hydroxyl groups is 1. The van der Waals surface area contributed by atoms with Gasteiger partial charge >= 0.3 is 12.1 Å². The molecule has 3 aromatic rings. The molecule has 2 amide bonds. The Morgan fingerprint density at radius 1 is 1.22 bits per heavy atom. The van der Waals surface area contributed by atoms with E-state index in [2.05, 4.69) is 10.1 Å². The molecule has 3 aromatic heterocycles. The molecule has 1 aliphatic carbocycles. The lowest BCUT2D eigenvalue weighted by atomic mass is 9.88. The van der Waals surface area contributed by atoms with Gasteiger partial charge in [0.15, 0.2) is 0 Å². The van der Waals surface area contributed by atoms with E-state index in [-0.39, 0.29) is 43.5 Å². The number of rotatable bonds is 8. The average Bonchev–Trinajstić information content (AvgIpc) is 3.34. The van der Waals surface area contributed by atoms with Crippen LogP contribution in [-0.4, -0.2) is 68.1 Å². The number of pyridine rings is 1. The Bertz CT molecular complexity index is 1480. The van der Waals surface area contributed by atoms with Gasteiger partial charge in [0.2, 0.25) is 0 Å². The van der Waals surface area contributed by atoms with Crippen LogP contribution in [0.4, 0.5) is 23.2 Å². The number of anilines is 1. The van der Waals surface area contributed by atoms with Crippen molar-refractivity contribution in [2.45, 2.75) is 69.6 Å². The first-order valence-electron chi connectivity index (χ1n) is 12.9. The van der Waals surface area contributed by atoms with Crippen LogP contribution < -0.4 is 16.0 Å². The number of primary amides is 1. The van der Waals surface area contributed by atoms with Crippen LogP contribution in [0.25, 0.3) is 16.9 Å². The molecule has 10 nitrogen and oxygen atoms in total. The summed E-state index contributed by atoms with van der Waals surface area (Å²) in [5.74, 6) is -2.85. The van der Waals surface area contributed by atoms with Crippen molar-refractivity contribution >= 4 is 23.0 Å². The number of nitrogens with one attached hydrogen (secondary N) is 1. The molecule has 1 atom stereocenters. The van der Waals surface area contributed by atoms with Crippen molar-refractivity contribution in [3.05, 3.63) is 47.8 Å². The smallest absolute Gasteiger partial charge is 0.387 e. The van der Waals surface area contributed by atoms with Crippen LogP contribution in [0.3, 0.4) is 0 Å². The highest BCUT2D eigenvalue weighted by Crippen LogP contribution is 2.34. The number of nitrogens with two attached hydrogens (primary N) is 1. The Kier molecular flexibility index (Phi) is 8.21. The molecule has 3 heterocycles. The van der Waals surface area contributed by atoms with E-state index in [1.54, 1.807) is 33.7 Å². The Labute approximate surface area is 232 Å². The van der Waals surface area contributed by atoms with Crippen LogP contribution >= 0.6 is 0 Å². The lowest BCUT2D eigenvalue weighted by molar-refractivity contribution is -0.174. The predicted molar refractivity (Wildman–Crippen MR) is 140 cm³/mol. The fraction of sp³-hybridized carbons (Fsp3) is 0.444. The van der Waals surface area contributed by atoms with E-state index in [9.17, 15) is 27.9 Å². The van der Waals surface area contributed by atoms with Crippen LogP contribution in [0, 0.1) is 11.3 Å². The van der Waals surface area contributed by atoms with Crippen molar-refractivity contribution in [2.75, 3.05) is 11.4 Å². The standard InChI is InChI=1S/C27H29F4N7O3/c1-26(2,41)23(28)14-37(17-5-3-16(4-6-17)36-25(40)27(29,30)31)22-10-20(34-13-19(22)24(33)39)21-8-7-18-9-15(11-32)12-35-38(18)21/h7-10,12-13,16-17,23,41H,3-6,14H2,1-2H3,(H2,33,39)(H,36,40)/t16?,17?,23-/m1/s1. The van der Waals surface area contributed by atoms with E-state index in [1.165, 1.54) is 26.2 Å². The summed E-state index contributed by atoms with van der Waals surface area (Å²) in [5.41, 5.74) is 5.99. The highest BCUT2D eigenvalue weighted by atomic mass is 19.4. The number of nitrogens with zero attached hydrogens (tertiary/aromatic N) is 5. The predicted octanol–water partition coefficient (Wildman–Crippen LogP) is 3.27. The fourth-order valence-electron chi connectivity index (χ4n) is 4.91. The zero-order chi connectivity index (χ0) is 30.1. The maximum absolute atomic E-state index is 15.3. The molecule has 1 fully saturated rings. The molecule has 4 N–H and O–H groups in total. The molecule has 0 aliphatic heterocycles. The fourth-order valence-corrected chi connectivity index (χ4v) is 4.91. The zero-order valence-corrected chi connectivity index (χ0v) is 22.3. The summed E-state index contributed by atoms with van der Waals surface area (Å²) in [5, 5.41) is 25.8. The molecular formula is C27H29F4N7O3. The van der Waals surface area contributed by atoms with Gasteiger partial charge in [0.1, 0.15) is 12.2 Å². The van der Waals surface area contributed by atoms with Crippen molar-refractivity contribution in [1.29, 1.82) is 5.26 Å². The average molecular weight is 576 g/mol. The monoisotopic (exact) mass is 575 g/mol. The van der Waals surface area contributed by atoms with Gasteiger partial charge < -0.3 is 21.1 Å². The summed E-state index contributed by atoms with van der Waals surface area (Å²) in [7, 11) is 0. The van der Waals surface area contributed by atoms with Gasteiger partial charge in [-0.2, -0.15) is 23.5 Å². The lowest BCUT2D eigenvalue weighted by Gasteiger charge is -2.41. The maximum atomic E-state index is 15.3. The third-order valence-corrected chi connectivity index (χ3v) is 7.20. The van der Waals surface area contributed by atoms with Crippen molar-refractivity contribution in [2.24, 2.45) is 5.73 Å². The van der Waals surface area contributed by atoms with E-state index in [1.807, 2.05) is 11.4 Å². The number of nitriles is 1. The molecule has 1 aliphatic rings. The molecule has 0 aromatic carbocycles. The minimum Gasteiger partial charge on any atom is -0.387 e. The van der Waals surface area contributed by atoms with E-state index < -0.39 is 41.8 Å². The van der Waals surface area contributed by atoms with Gasteiger partial charge in [-0.1, -0.05) is 0 Å². The van der Waals surface area contributed by atoms with Crippen molar-refractivity contribution in [3.8, 4) is 17.5 Å². The number of halogens is 4. The number of aromatic nitrogens is 3. The van der Waals surface area contributed by atoms with Crippen LogP contribution in [0.1, 0.15) is 55.5 Å². The molecule has 14 heteroatoms. The summed E-state index contributed by atoms with van der Waals surface area (Å²) >= 11 is 0. The van der Waals surface area contributed by atoms with Gasteiger partial charge in [0, 0.05) is 18.3 Å². The second-order valence-electron chi connectivity index (χ2n) is 10.6. The minimum atomic E-state index is -5.01. The van der Waals surface area contributed by atoms with Gasteiger partial charge in [0.25, 0.3) is 5.91 Å². The Hall–Kier alpha value is -4.25. The number of alkyl halides is 4. The van der Waals surface area contributed by atoms with E-state index in [0.29, 0.717) is 22.5 Å². The molecule has 0 spiro atoms. The molecule has 218 valence electrons. The van der Waals surface area contributed by atoms with E-state index >= 15 is 4.39 Å². The first-order chi connectivity index (χ1) is 19.2. The SMILES string of the molecule is CC(C)(O)[C@H](F)CN(c1cc(-c2ccc3cc(C#N)cnn23)ncc1C(N)=O)C1CCC(NC(=O)C(F)(F)F)CC1. The van der Waals surface area contributed by atoms with Gasteiger partial charge in [-0.25, -0.2) is 8.91 Å². The largest absolute Gasteiger partial charge is 0.471 e. The highest BCUT2D eigenvalue weighted by molar-refractivity contribution is 5.99. The number of fused-ring (bicyclic) bond motifs is 1. The van der Waals surface area contributed by atoms with Crippen molar-refractivity contribution < 1.29 is 32.3 Å². The minimum absolute atomic E-state index is 0.00946. The Morgan fingerprint density at radius 2 is 1.90 bits per heavy atom. The van der Waals surface area contributed by atoms with E-state index in [4.69, 9.17) is 11.0 Å². The second-order valence-corrected chi connectivity index (χ2v) is 10.6. The molecule has 1 saturated carbocycles. The van der Waals surface area contributed by atoms with Crippen LogP contribution in [0.2, 0.25) is 0 Å². The first kappa shape index (κ1) is 29.7. The molecule has 0 unspecified atom stereocenters.